The lowest BCUT2D eigenvalue weighted by Gasteiger charge is -2.02. The molecule has 2 aromatic rings. The number of rotatable bonds is 0. The monoisotopic (exact) mass is 256 g/mol. The van der Waals surface area contributed by atoms with Gasteiger partial charge in [-0.3, -0.25) is 9.79 Å². The molecule has 0 bridgehead atoms. The Morgan fingerprint density at radius 3 is 2.95 bits per heavy atom. The van der Waals surface area contributed by atoms with Gasteiger partial charge in [-0.05, 0) is 37.8 Å². The van der Waals surface area contributed by atoms with Crippen LogP contribution in [-0.4, -0.2) is 23.0 Å². The Hall–Kier alpha value is -1.97. The molecule has 1 aromatic carbocycles. The zero-order chi connectivity index (χ0) is 13.0. The number of H-pyrrole nitrogens is 1. The lowest BCUT2D eigenvalue weighted by Crippen LogP contribution is -2.04. The molecule has 0 saturated heterocycles. The summed E-state index contributed by atoms with van der Waals surface area (Å²) in [5.74, 6) is -0.456. The minimum absolute atomic E-state index is 0.0909. The summed E-state index contributed by atoms with van der Waals surface area (Å²) in [7, 11) is 0. The van der Waals surface area contributed by atoms with E-state index in [1.54, 1.807) is 0 Å². The van der Waals surface area contributed by atoms with Gasteiger partial charge >= 0.3 is 0 Å². The minimum atomic E-state index is -0.365. The van der Waals surface area contributed by atoms with Crippen LogP contribution in [0.4, 0.5) is 4.39 Å². The topological polar surface area (TPSA) is 45.2 Å². The summed E-state index contributed by atoms with van der Waals surface area (Å²) in [4.78, 5) is 19.9. The van der Waals surface area contributed by atoms with E-state index < -0.39 is 0 Å². The van der Waals surface area contributed by atoms with E-state index in [9.17, 15) is 9.18 Å². The molecule has 4 heteroatoms. The highest BCUT2D eigenvalue weighted by atomic mass is 19.1. The summed E-state index contributed by atoms with van der Waals surface area (Å²) in [6, 6.07) is 2.83. The Balaban J connectivity index is 2.17. The average Bonchev–Trinajstić information content (AvgIpc) is 2.53. The smallest absolute Gasteiger partial charge is 0.185 e. The zero-order valence-electron chi connectivity index (χ0n) is 10.4. The van der Waals surface area contributed by atoms with Gasteiger partial charge in [-0.25, -0.2) is 4.39 Å². The third-order valence-electron chi connectivity index (χ3n) is 4.03. The molecule has 0 amide bonds. The number of hydrogen-bond acceptors (Lipinski definition) is 2. The fourth-order valence-corrected chi connectivity index (χ4v) is 3.21. The minimum Gasteiger partial charge on any atom is -0.358 e. The molecular weight excluding hydrogens is 243 g/mol. The van der Waals surface area contributed by atoms with Crippen molar-refractivity contribution in [3.63, 3.8) is 0 Å². The largest absolute Gasteiger partial charge is 0.358 e. The molecule has 0 unspecified atom stereocenters. The first-order valence-electron chi connectivity index (χ1n) is 6.65. The van der Waals surface area contributed by atoms with Gasteiger partial charge < -0.3 is 4.98 Å². The summed E-state index contributed by atoms with van der Waals surface area (Å²) in [5, 5.41) is 0.875. The molecule has 2 aliphatic rings. The van der Waals surface area contributed by atoms with Crippen LogP contribution in [0.5, 0.6) is 0 Å². The third-order valence-corrected chi connectivity index (χ3v) is 4.03. The Kier molecular flexibility index (Phi) is 2.16. The van der Waals surface area contributed by atoms with Gasteiger partial charge in [0.2, 0.25) is 0 Å². The number of nitrogens with zero attached hydrogens (tertiary/aromatic N) is 1. The number of carbonyl (C=O) groups is 1. The lowest BCUT2D eigenvalue weighted by molar-refractivity contribution is 0.100. The van der Waals surface area contributed by atoms with Crippen molar-refractivity contribution >= 4 is 22.4 Å². The van der Waals surface area contributed by atoms with Crippen LogP contribution in [0.15, 0.2) is 17.1 Å². The number of ketones is 1. The molecule has 0 radical (unpaired) electrons. The standard InChI is InChI=1S/C15H13FN2O/c16-8-5-9-13(19)7-17-10-3-1-2-4-11-15(10)14(9)12(6-8)18-11/h5-6,18H,1-4,7H2. The Labute approximate surface area is 109 Å². The van der Waals surface area contributed by atoms with Crippen LogP contribution in [-0.2, 0) is 6.42 Å². The highest BCUT2D eigenvalue weighted by Crippen LogP contribution is 2.33. The molecule has 4 rings (SSSR count). The Morgan fingerprint density at radius 2 is 2.05 bits per heavy atom. The van der Waals surface area contributed by atoms with Gasteiger partial charge in [0.1, 0.15) is 12.4 Å². The maximum Gasteiger partial charge on any atom is 0.185 e. The van der Waals surface area contributed by atoms with Gasteiger partial charge in [-0.2, -0.15) is 0 Å². The SMILES string of the molecule is O=C1CN=C2CCCCc3[nH]c4cc(F)cc1c4c32. The summed E-state index contributed by atoms with van der Waals surface area (Å²) < 4.78 is 13.6. The number of benzene rings is 1. The first-order chi connectivity index (χ1) is 9.24. The van der Waals surface area contributed by atoms with Gasteiger partial charge in [0.05, 0.1) is 0 Å². The number of Topliss-reactive ketones (excluding diaryl/α,β-unsaturated/α-hetero) is 1. The van der Waals surface area contributed by atoms with Crippen molar-refractivity contribution in [1.82, 2.24) is 4.98 Å². The number of aryl methyl sites for hydroxylation is 1. The van der Waals surface area contributed by atoms with Gasteiger partial charge in [0, 0.05) is 33.4 Å². The van der Waals surface area contributed by atoms with Gasteiger partial charge in [0.15, 0.2) is 5.78 Å². The molecule has 0 fully saturated rings. The first-order valence-corrected chi connectivity index (χ1v) is 6.65. The van der Waals surface area contributed by atoms with E-state index >= 15 is 0 Å². The number of carbonyl (C=O) groups excluding carboxylic acids is 1. The molecule has 0 spiro atoms. The molecule has 0 atom stereocenters. The predicted octanol–water partition coefficient (Wildman–Crippen LogP) is 3.02. The van der Waals surface area contributed by atoms with E-state index in [4.69, 9.17) is 0 Å². The predicted molar refractivity (Wildman–Crippen MR) is 71.5 cm³/mol. The average molecular weight is 256 g/mol. The molecule has 1 aliphatic carbocycles. The van der Waals surface area contributed by atoms with E-state index in [1.165, 1.54) is 12.1 Å². The molecule has 1 aromatic heterocycles. The summed E-state index contributed by atoms with van der Waals surface area (Å²) in [6.45, 7) is 0.141. The van der Waals surface area contributed by atoms with Crippen LogP contribution >= 0.6 is 0 Å². The quantitative estimate of drug-likeness (QED) is 0.773. The molecular formula is C15H13FN2O. The molecule has 2 heterocycles. The second-order valence-corrected chi connectivity index (χ2v) is 5.25. The zero-order valence-corrected chi connectivity index (χ0v) is 10.4. The maximum absolute atomic E-state index is 13.6. The molecule has 19 heavy (non-hydrogen) atoms. The summed E-state index contributed by atoms with van der Waals surface area (Å²) in [6.07, 6.45) is 4.04. The van der Waals surface area contributed by atoms with Crippen molar-refractivity contribution in [2.45, 2.75) is 25.7 Å². The molecule has 0 saturated carbocycles. The molecule has 1 N–H and O–H groups in total. The van der Waals surface area contributed by atoms with Crippen LogP contribution in [0, 0.1) is 5.82 Å². The van der Waals surface area contributed by atoms with E-state index in [0.29, 0.717) is 5.56 Å². The molecule has 1 aliphatic heterocycles. The van der Waals surface area contributed by atoms with Crippen molar-refractivity contribution < 1.29 is 9.18 Å². The van der Waals surface area contributed by atoms with Crippen molar-refractivity contribution in [3.05, 3.63) is 34.8 Å². The number of hydrogen-bond donors (Lipinski definition) is 1. The fraction of sp³-hybridized carbons (Fsp3) is 0.333. The summed E-state index contributed by atoms with van der Waals surface area (Å²) >= 11 is 0. The second-order valence-electron chi connectivity index (χ2n) is 5.25. The van der Waals surface area contributed by atoms with Crippen LogP contribution < -0.4 is 0 Å². The van der Waals surface area contributed by atoms with E-state index in [1.807, 2.05) is 0 Å². The van der Waals surface area contributed by atoms with Crippen molar-refractivity contribution in [1.29, 1.82) is 0 Å². The second kappa shape index (κ2) is 3.76. The molecule has 96 valence electrons. The lowest BCUT2D eigenvalue weighted by atomic mass is 9.99. The van der Waals surface area contributed by atoms with Crippen molar-refractivity contribution in [3.8, 4) is 0 Å². The first kappa shape index (κ1) is 10.9. The molecule has 3 nitrogen and oxygen atoms in total. The number of aliphatic imine (C=N–C) groups is 1. The van der Waals surface area contributed by atoms with E-state index in [2.05, 4.69) is 9.98 Å². The van der Waals surface area contributed by atoms with Crippen LogP contribution in [0.25, 0.3) is 10.9 Å². The van der Waals surface area contributed by atoms with Crippen LogP contribution in [0.2, 0.25) is 0 Å². The fourth-order valence-electron chi connectivity index (χ4n) is 3.21. The normalized spacial score (nSPS) is 18.2. The number of aromatic nitrogens is 1. The Bertz CT molecular complexity index is 742. The van der Waals surface area contributed by atoms with Gasteiger partial charge in [0.25, 0.3) is 0 Å². The highest BCUT2D eigenvalue weighted by molar-refractivity contribution is 6.21. The number of aromatic amines is 1. The number of halogens is 1. The van der Waals surface area contributed by atoms with E-state index in [-0.39, 0.29) is 18.1 Å². The highest BCUT2D eigenvalue weighted by Gasteiger charge is 2.26. The van der Waals surface area contributed by atoms with E-state index in [0.717, 1.165) is 53.6 Å². The summed E-state index contributed by atoms with van der Waals surface area (Å²) in [5.41, 5.74) is 4.39. The van der Waals surface area contributed by atoms with Crippen molar-refractivity contribution in [2.24, 2.45) is 4.99 Å². The van der Waals surface area contributed by atoms with Crippen molar-refractivity contribution in [2.75, 3.05) is 6.54 Å². The van der Waals surface area contributed by atoms with Gasteiger partial charge in [-0.1, -0.05) is 0 Å². The third kappa shape index (κ3) is 1.49. The number of nitrogens with one attached hydrogen (secondary N) is 1. The maximum atomic E-state index is 13.6. The van der Waals surface area contributed by atoms with Crippen LogP contribution in [0.1, 0.15) is 40.9 Å². The van der Waals surface area contributed by atoms with Crippen LogP contribution in [0.3, 0.4) is 0 Å². The Morgan fingerprint density at radius 1 is 1.21 bits per heavy atom. The van der Waals surface area contributed by atoms with Gasteiger partial charge in [-0.15, -0.1) is 0 Å².